The number of tetrazole rings is 1. The van der Waals surface area contributed by atoms with E-state index in [-0.39, 0.29) is 5.91 Å². The molecule has 0 aliphatic heterocycles. The minimum Gasteiger partial charge on any atom is -0.322 e. The molecule has 7 nitrogen and oxygen atoms in total. The molecule has 0 bridgehead atoms. The maximum absolute atomic E-state index is 12.5. The van der Waals surface area contributed by atoms with Crippen LogP contribution in [-0.4, -0.2) is 45.5 Å². The maximum Gasteiger partial charge on any atom is 0.255 e. The molecule has 0 fully saturated rings. The van der Waals surface area contributed by atoms with Gasteiger partial charge in [-0.3, -0.25) is 4.79 Å². The molecule has 0 atom stereocenters. The highest BCUT2D eigenvalue weighted by atomic mass is 16.1. The summed E-state index contributed by atoms with van der Waals surface area (Å²) in [5, 5.41) is 16.6. The van der Waals surface area contributed by atoms with Gasteiger partial charge < -0.3 is 10.2 Å². The van der Waals surface area contributed by atoms with Crippen LogP contribution in [0.5, 0.6) is 0 Å². The standard InChI is InChI=1S/C17H18N6O/c1-23(2)11-12-5-3-7-14(9-12)17(24)18-15-8-4-6-13(10-15)16-19-21-22-20-16/h3-10H,11H2,1-2H3,(H,18,24)(H,19,20,21,22). The van der Waals surface area contributed by atoms with Gasteiger partial charge in [-0.25, -0.2) is 5.10 Å². The Bertz CT molecular complexity index is 829. The van der Waals surface area contributed by atoms with Gasteiger partial charge in [-0.1, -0.05) is 24.3 Å². The van der Waals surface area contributed by atoms with Gasteiger partial charge in [0.25, 0.3) is 5.91 Å². The van der Waals surface area contributed by atoms with Crippen LogP contribution in [0.4, 0.5) is 5.69 Å². The molecule has 3 rings (SSSR count). The molecule has 0 unspecified atom stereocenters. The number of anilines is 1. The molecule has 0 saturated carbocycles. The topological polar surface area (TPSA) is 86.8 Å². The lowest BCUT2D eigenvalue weighted by Crippen LogP contribution is -2.14. The first-order chi connectivity index (χ1) is 11.6. The molecule has 2 aromatic carbocycles. The molecule has 1 aromatic heterocycles. The molecule has 0 radical (unpaired) electrons. The summed E-state index contributed by atoms with van der Waals surface area (Å²) < 4.78 is 0. The van der Waals surface area contributed by atoms with E-state index < -0.39 is 0 Å². The Kier molecular flexibility index (Phi) is 4.62. The van der Waals surface area contributed by atoms with Gasteiger partial charge in [0.15, 0.2) is 5.82 Å². The van der Waals surface area contributed by atoms with E-state index in [0.29, 0.717) is 17.1 Å². The number of H-pyrrole nitrogens is 1. The lowest BCUT2D eigenvalue weighted by Gasteiger charge is -2.11. The van der Waals surface area contributed by atoms with Crippen LogP contribution in [0.2, 0.25) is 0 Å². The second kappa shape index (κ2) is 7.01. The first-order valence-corrected chi connectivity index (χ1v) is 7.51. The van der Waals surface area contributed by atoms with Crippen LogP contribution >= 0.6 is 0 Å². The van der Waals surface area contributed by atoms with Crippen molar-refractivity contribution in [3.05, 3.63) is 59.7 Å². The van der Waals surface area contributed by atoms with Gasteiger partial charge in [-0.15, -0.1) is 5.10 Å². The van der Waals surface area contributed by atoms with E-state index in [4.69, 9.17) is 0 Å². The summed E-state index contributed by atoms with van der Waals surface area (Å²) in [6.45, 7) is 0.787. The summed E-state index contributed by atoms with van der Waals surface area (Å²) in [6, 6.07) is 15.0. The lowest BCUT2D eigenvalue weighted by atomic mass is 10.1. The minimum atomic E-state index is -0.150. The number of carbonyl (C=O) groups excluding carboxylic acids is 1. The van der Waals surface area contributed by atoms with Crippen LogP contribution in [0.3, 0.4) is 0 Å². The number of amides is 1. The van der Waals surface area contributed by atoms with Crippen LogP contribution < -0.4 is 5.32 Å². The van der Waals surface area contributed by atoms with Crippen molar-refractivity contribution >= 4 is 11.6 Å². The molecule has 0 aliphatic rings. The van der Waals surface area contributed by atoms with E-state index in [1.165, 1.54) is 0 Å². The van der Waals surface area contributed by atoms with Gasteiger partial charge in [0.05, 0.1) is 0 Å². The third-order valence-corrected chi connectivity index (χ3v) is 3.43. The molecule has 24 heavy (non-hydrogen) atoms. The van der Waals surface area contributed by atoms with Crippen molar-refractivity contribution in [1.29, 1.82) is 0 Å². The molecule has 0 saturated heterocycles. The smallest absolute Gasteiger partial charge is 0.255 e. The van der Waals surface area contributed by atoms with E-state index in [1.807, 2.05) is 56.6 Å². The number of hydrogen-bond donors (Lipinski definition) is 2. The zero-order chi connectivity index (χ0) is 16.9. The van der Waals surface area contributed by atoms with E-state index in [0.717, 1.165) is 17.7 Å². The second-order valence-corrected chi connectivity index (χ2v) is 5.72. The summed E-state index contributed by atoms with van der Waals surface area (Å²) in [6.07, 6.45) is 0. The molecular weight excluding hydrogens is 304 g/mol. The number of nitrogens with zero attached hydrogens (tertiary/aromatic N) is 4. The summed E-state index contributed by atoms with van der Waals surface area (Å²) in [5.74, 6) is 0.405. The Labute approximate surface area is 139 Å². The van der Waals surface area contributed by atoms with Crippen LogP contribution in [0, 0.1) is 0 Å². The number of rotatable bonds is 5. The first kappa shape index (κ1) is 15.8. The number of aromatic nitrogens is 4. The largest absolute Gasteiger partial charge is 0.322 e. The molecule has 1 heterocycles. The van der Waals surface area contributed by atoms with Gasteiger partial charge >= 0.3 is 0 Å². The number of aromatic amines is 1. The van der Waals surface area contributed by atoms with Gasteiger partial charge in [0, 0.05) is 23.4 Å². The number of hydrogen-bond acceptors (Lipinski definition) is 5. The van der Waals surface area contributed by atoms with E-state index in [9.17, 15) is 4.79 Å². The predicted octanol–water partition coefficient (Wildman–Crippen LogP) is 2.18. The molecule has 122 valence electrons. The van der Waals surface area contributed by atoms with Crippen LogP contribution in [0.15, 0.2) is 48.5 Å². The van der Waals surface area contributed by atoms with Crippen molar-refractivity contribution < 1.29 is 4.79 Å². The van der Waals surface area contributed by atoms with Crippen molar-refractivity contribution in [1.82, 2.24) is 25.5 Å². The third-order valence-electron chi connectivity index (χ3n) is 3.43. The van der Waals surface area contributed by atoms with Gasteiger partial charge in [0.2, 0.25) is 0 Å². The Morgan fingerprint density at radius 3 is 2.75 bits per heavy atom. The highest BCUT2D eigenvalue weighted by Gasteiger charge is 2.09. The van der Waals surface area contributed by atoms with Crippen molar-refractivity contribution in [3.63, 3.8) is 0 Å². The Hall–Kier alpha value is -3.06. The van der Waals surface area contributed by atoms with E-state index in [2.05, 4.69) is 30.8 Å². The number of nitrogens with one attached hydrogen (secondary N) is 2. The SMILES string of the molecule is CN(C)Cc1cccc(C(=O)Nc2cccc(-c3nnn[nH]3)c2)c1. The monoisotopic (exact) mass is 322 g/mol. The first-order valence-electron chi connectivity index (χ1n) is 7.51. The normalized spacial score (nSPS) is 10.8. The van der Waals surface area contributed by atoms with E-state index in [1.54, 1.807) is 6.07 Å². The van der Waals surface area contributed by atoms with Crippen molar-refractivity contribution in [2.24, 2.45) is 0 Å². The quantitative estimate of drug-likeness (QED) is 0.752. The van der Waals surface area contributed by atoms with Crippen LogP contribution in [0.25, 0.3) is 11.4 Å². The van der Waals surface area contributed by atoms with Crippen LogP contribution in [0.1, 0.15) is 15.9 Å². The zero-order valence-corrected chi connectivity index (χ0v) is 13.5. The molecule has 1 amide bonds. The zero-order valence-electron chi connectivity index (χ0n) is 13.5. The molecule has 0 spiro atoms. The summed E-state index contributed by atoms with van der Waals surface area (Å²) in [5.41, 5.74) is 3.21. The highest BCUT2D eigenvalue weighted by Crippen LogP contribution is 2.19. The molecule has 7 heteroatoms. The predicted molar refractivity (Wildman–Crippen MR) is 91.4 cm³/mol. The minimum absolute atomic E-state index is 0.150. The summed E-state index contributed by atoms with van der Waals surface area (Å²) in [7, 11) is 3.99. The fraction of sp³-hybridized carbons (Fsp3) is 0.176. The van der Waals surface area contributed by atoms with Crippen molar-refractivity contribution in [2.75, 3.05) is 19.4 Å². The number of benzene rings is 2. The fourth-order valence-corrected chi connectivity index (χ4v) is 2.41. The average molecular weight is 322 g/mol. The van der Waals surface area contributed by atoms with Gasteiger partial charge in [-0.05, 0) is 54.4 Å². The Morgan fingerprint density at radius 2 is 2.00 bits per heavy atom. The lowest BCUT2D eigenvalue weighted by molar-refractivity contribution is 0.102. The maximum atomic E-state index is 12.5. The number of carbonyl (C=O) groups is 1. The van der Waals surface area contributed by atoms with Crippen molar-refractivity contribution in [2.45, 2.75) is 6.54 Å². The van der Waals surface area contributed by atoms with Crippen molar-refractivity contribution in [3.8, 4) is 11.4 Å². The molecule has 2 N–H and O–H groups in total. The highest BCUT2D eigenvalue weighted by molar-refractivity contribution is 6.04. The Balaban J connectivity index is 1.76. The molecule has 3 aromatic rings. The average Bonchev–Trinajstić information content (AvgIpc) is 3.09. The molecule has 0 aliphatic carbocycles. The third kappa shape index (κ3) is 3.82. The van der Waals surface area contributed by atoms with E-state index >= 15 is 0 Å². The van der Waals surface area contributed by atoms with Gasteiger partial charge in [0.1, 0.15) is 0 Å². The molecular formula is C17H18N6O. The Morgan fingerprint density at radius 1 is 1.17 bits per heavy atom. The van der Waals surface area contributed by atoms with Crippen LogP contribution in [-0.2, 0) is 6.54 Å². The van der Waals surface area contributed by atoms with Gasteiger partial charge in [-0.2, -0.15) is 0 Å². The fourth-order valence-electron chi connectivity index (χ4n) is 2.41. The second-order valence-electron chi connectivity index (χ2n) is 5.72. The summed E-state index contributed by atoms with van der Waals surface area (Å²) >= 11 is 0. The summed E-state index contributed by atoms with van der Waals surface area (Å²) in [4.78, 5) is 14.5.